The second kappa shape index (κ2) is 6.87. The van der Waals surface area contributed by atoms with Gasteiger partial charge in [0.25, 0.3) is 0 Å². The van der Waals surface area contributed by atoms with Gasteiger partial charge in [0.05, 0.1) is 21.3 Å². The molecule has 0 bridgehead atoms. The van der Waals surface area contributed by atoms with E-state index in [2.05, 4.69) is 17.1 Å². The first-order valence-electron chi connectivity index (χ1n) is 7.97. The monoisotopic (exact) mass is 345 g/mol. The lowest BCUT2D eigenvalue weighted by molar-refractivity contribution is 0.0733. The highest BCUT2D eigenvalue weighted by Gasteiger charge is 2.13. The number of hydrogen-bond acceptors (Lipinski definition) is 4. The minimum Gasteiger partial charge on any atom is -0.423 e. The van der Waals surface area contributed by atoms with Crippen LogP contribution < -0.4 is 4.74 Å². The summed E-state index contributed by atoms with van der Waals surface area (Å²) in [5, 5.41) is 0. The molecule has 0 N–H and O–H groups in total. The minimum atomic E-state index is -0.347. The highest BCUT2D eigenvalue weighted by molar-refractivity contribution is 7.16. The molecule has 0 saturated heterocycles. The molecule has 0 aliphatic rings. The lowest BCUT2D eigenvalue weighted by Crippen LogP contribution is -2.09. The maximum Gasteiger partial charge on any atom is 0.343 e. The Morgan fingerprint density at radius 3 is 2.52 bits per heavy atom. The Hall–Kier alpha value is -2.98. The van der Waals surface area contributed by atoms with Crippen LogP contribution in [-0.4, -0.2) is 11.0 Å². The summed E-state index contributed by atoms with van der Waals surface area (Å²) >= 11 is 1.63. The molecule has 0 atom stereocenters. The number of fused-ring (bicyclic) bond motifs is 1. The van der Waals surface area contributed by atoms with Crippen LogP contribution in [0.4, 0.5) is 0 Å². The summed E-state index contributed by atoms with van der Waals surface area (Å²) in [4.78, 5) is 16.8. The van der Waals surface area contributed by atoms with Crippen LogP contribution in [0.2, 0.25) is 0 Å². The van der Waals surface area contributed by atoms with E-state index in [-0.39, 0.29) is 5.97 Å². The Bertz CT molecular complexity index is 1020. The lowest BCUT2D eigenvalue weighted by Gasteiger charge is -2.10. The van der Waals surface area contributed by atoms with Crippen LogP contribution in [0.1, 0.15) is 21.5 Å². The first-order valence-corrected chi connectivity index (χ1v) is 8.85. The van der Waals surface area contributed by atoms with Crippen LogP contribution in [0.15, 0.2) is 78.3 Å². The number of carbonyl (C=O) groups excluding carboxylic acids is 1. The van der Waals surface area contributed by atoms with E-state index in [1.807, 2.05) is 54.0 Å². The topological polar surface area (TPSA) is 39.2 Å². The third-order valence-electron chi connectivity index (χ3n) is 4.01. The summed E-state index contributed by atoms with van der Waals surface area (Å²) in [5.41, 5.74) is 5.50. The molecule has 122 valence electrons. The van der Waals surface area contributed by atoms with Crippen LogP contribution in [0.25, 0.3) is 10.2 Å². The first kappa shape index (κ1) is 15.5. The van der Waals surface area contributed by atoms with Gasteiger partial charge in [-0.1, -0.05) is 48.5 Å². The zero-order chi connectivity index (χ0) is 17.1. The molecule has 25 heavy (non-hydrogen) atoms. The van der Waals surface area contributed by atoms with Crippen molar-refractivity contribution in [1.82, 2.24) is 4.98 Å². The summed E-state index contributed by atoms with van der Waals surface area (Å²) < 4.78 is 6.80. The summed E-state index contributed by atoms with van der Waals surface area (Å²) in [6.45, 7) is 0. The largest absolute Gasteiger partial charge is 0.423 e. The number of carbonyl (C=O) groups is 1. The molecule has 4 rings (SSSR count). The van der Waals surface area contributed by atoms with E-state index in [0.29, 0.717) is 17.7 Å². The van der Waals surface area contributed by atoms with Gasteiger partial charge in [0.1, 0.15) is 5.75 Å². The third-order valence-corrected chi connectivity index (χ3v) is 4.80. The molecule has 4 aromatic rings. The predicted octanol–water partition coefficient (Wildman–Crippen LogP) is 5.11. The highest BCUT2D eigenvalue weighted by Crippen LogP contribution is 2.27. The molecule has 0 radical (unpaired) electrons. The van der Waals surface area contributed by atoms with E-state index in [9.17, 15) is 4.79 Å². The Morgan fingerprint density at radius 1 is 0.880 bits per heavy atom. The first-order chi connectivity index (χ1) is 12.3. The molecule has 0 fully saturated rings. The summed E-state index contributed by atoms with van der Waals surface area (Å²) in [6, 6.07) is 22.8. The van der Waals surface area contributed by atoms with Crippen molar-refractivity contribution in [1.29, 1.82) is 0 Å². The SMILES string of the molecule is O=C(Oc1ccccc1Cc1cccc2scnc12)c1ccccc1. The van der Waals surface area contributed by atoms with Gasteiger partial charge in [0, 0.05) is 6.42 Å². The molecule has 4 heteroatoms. The van der Waals surface area contributed by atoms with E-state index < -0.39 is 0 Å². The van der Waals surface area contributed by atoms with E-state index in [4.69, 9.17) is 4.74 Å². The van der Waals surface area contributed by atoms with Crippen LogP contribution in [-0.2, 0) is 6.42 Å². The average molecular weight is 345 g/mol. The van der Waals surface area contributed by atoms with Crippen molar-refractivity contribution in [3.05, 3.63) is 95.0 Å². The standard InChI is InChI=1S/C21H15NO2S/c23-21(15-7-2-1-3-8-15)24-18-11-5-4-9-16(18)13-17-10-6-12-19-20(17)22-14-25-19/h1-12,14H,13H2. The number of thiazole rings is 1. The van der Waals surface area contributed by atoms with E-state index in [0.717, 1.165) is 21.3 Å². The fourth-order valence-corrected chi connectivity index (χ4v) is 3.50. The van der Waals surface area contributed by atoms with Crippen LogP contribution in [0.3, 0.4) is 0 Å². The number of rotatable bonds is 4. The highest BCUT2D eigenvalue weighted by atomic mass is 32.1. The van der Waals surface area contributed by atoms with Gasteiger partial charge in [-0.05, 0) is 35.4 Å². The van der Waals surface area contributed by atoms with Crippen LogP contribution in [0, 0.1) is 0 Å². The van der Waals surface area contributed by atoms with Crippen molar-refractivity contribution < 1.29 is 9.53 Å². The Balaban J connectivity index is 1.63. The number of aromatic nitrogens is 1. The van der Waals surface area contributed by atoms with E-state index in [1.165, 1.54) is 0 Å². The zero-order valence-electron chi connectivity index (χ0n) is 13.4. The molecular weight excluding hydrogens is 330 g/mol. The fourth-order valence-electron chi connectivity index (χ4n) is 2.78. The maximum atomic E-state index is 12.4. The number of esters is 1. The van der Waals surface area contributed by atoms with Crippen molar-refractivity contribution >= 4 is 27.5 Å². The molecule has 0 saturated carbocycles. The lowest BCUT2D eigenvalue weighted by atomic mass is 10.0. The van der Waals surface area contributed by atoms with Gasteiger partial charge in [-0.2, -0.15) is 0 Å². The molecule has 0 aliphatic heterocycles. The molecular formula is C21H15NO2S. The molecule has 0 unspecified atom stereocenters. The normalized spacial score (nSPS) is 10.7. The molecule has 3 aromatic carbocycles. The molecule has 0 amide bonds. The van der Waals surface area contributed by atoms with Gasteiger partial charge in [-0.3, -0.25) is 0 Å². The zero-order valence-corrected chi connectivity index (χ0v) is 14.2. The second-order valence-electron chi connectivity index (χ2n) is 5.66. The predicted molar refractivity (Wildman–Crippen MR) is 100 cm³/mol. The number of para-hydroxylation sites is 2. The Labute approximate surface area is 149 Å². The van der Waals surface area contributed by atoms with E-state index in [1.54, 1.807) is 23.5 Å². The minimum absolute atomic E-state index is 0.347. The van der Waals surface area contributed by atoms with Crippen molar-refractivity contribution in [3.63, 3.8) is 0 Å². The number of benzene rings is 3. The van der Waals surface area contributed by atoms with Gasteiger partial charge in [-0.15, -0.1) is 11.3 Å². The van der Waals surface area contributed by atoms with E-state index >= 15 is 0 Å². The molecule has 0 aliphatic carbocycles. The number of ether oxygens (including phenoxy) is 1. The molecule has 1 aromatic heterocycles. The smallest absolute Gasteiger partial charge is 0.343 e. The van der Waals surface area contributed by atoms with Gasteiger partial charge in [0.2, 0.25) is 0 Å². The van der Waals surface area contributed by atoms with Crippen LogP contribution in [0.5, 0.6) is 5.75 Å². The van der Waals surface area contributed by atoms with Crippen LogP contribution >= 0.6 is 11.3 Å². The molecule has 3 nitrogen and oxygen atoms in total. The van der Waals surface area contributed by atoms with Crippen molar-refractivity contribution in [2.75, 3.05) is 0 Å². The third kappa shape index (κ3) is 3.30. The maximum absolute atomic E-state index is 12.4. The summed E-state index contributed by atoms with van der Waals surface area (Å²) in [7, 11) is 0. The van der Waals surface area contributed by atoms with Crippen molar-refractivity contribution in [3.8, 4) is 5.75 Å². The average Bonchev–Trinajstić information content (AvgIpc) is 3.14. The van der Waals surface area contributed by atoms with Crippen molar-refractivity contribution in [2.24, 2.45) is 0 Å². The van der Waals surface area contributed by atoms with Gasteiger partial charge >= 0.3 is 5.97 Å². The fraction of sp³-hybridized carbons (Fsp3) is 0.0476. The summed E-state index contributed by atoms with van der Waals surface area (Å²) in [6.07, 6.45) is 0.666. The van der Waals surface area contributed by atoms with Gasteiger partial charge < -0.3 is 4.74 Å². The van der Waals surface area contributed by atoms with Gasteiger partial charge in [-0.25, -0.2) is 9.78 Å². The molecule has 1 heterocycles. The number of nitrogens with zero attached hydrogens (tertiary/aromatic N) is 1. The Morgan fingerprint density at radius 2 is 1.64 bits per heavy atom. The van der Waals surface area contributed by atoms with Crippen molar-refractivity contribution in [2.45, 2.75) is 6.42 Å². The van der Waals surface area contributed by atoms with Gasteiger partial charge in [0.15, 0.2) is 0 Å². The molecule has 0 spiro atoms. The summed E-state index contributed by atoms with van der Waals surface area (Å²) in [5.74, 6) is 0.239. The number of hydrogen-bond donors (Lipinski definition) is 0. The quantitative estimate of drug-likeness (QED) is 0.381. The Kier molecular flexibility index (Phi) is 4.27. The second-order valence-corrected chi connectivity index (χ2v) is 6.54.